The van der Waals surface area contributed by atoms with Crippen LogP contribution in [0.15, 0.2) is 57.9 Å². The van der Waals surface area contributed by atoms with E-state index in [2.05, 4.69) is 21.2 Å². The first kappa shape index (κ1) is 15.1. The molecule has 2 rings (SSSR count). The van der Waals surface area contributed by atoms with Crippen molar-refractivity contribution in [2.75, 3.05) is 11.1 Å². The lowest BCUT2D eigenvalue weighted by atomic mass is 10.2. The Kier molecular flexibility index (Phi) is 4.83. The predicted molar refractivity (Wildman–Crippen MR) is 85.6 cm³/mol. The summed E-state index contributed by atoms with van der Waals surface area (Å²) in [5.41, 5.74) is 2.06. The van der Waals surface area contributed by atoms with Gasteiger partial charge in [0.1, 0.15) is 0 Å². The molecule has 1 N–H and O–H groups in total. The molecule has 20 heavy (non-hydrogen) atoms. The van der Waals surface area contributed by atoms with Gasteiger partial charge in [0.25, 0.3) is 0 Å². The van der Waals surface area contributed by atoms with Gasteiger partial charge in [0, 0.05) is 16.7 Å². The second-order valence-corrected chi connectivity index (χ2v) is 7.61. The van der Waals surface area contributed by atoms with Crippen LogP contribution in [0.25, 0.3) is 0 Å². The number of nitrogens with one attached hydrogen (secondary N) is 1. The monoisotopic (exact) mass is 353 g/mol. The average Bonchev–Trinajstić information content (AvgIpc) is 2.46. The predicted octanol–water partition coefficient (Wildman–Crippen LogP) is 3.85. The van der Waals surface area contributed by atoms with Crippen molar-refractivity contribution in [1.29, 1.82) is 0 Å². The van der Waals surface area contributed by atoms with Crippen LogP contribution in [0.4, 0.5) is 5.69 Å². The van der Waals surface area contributed by atoms with Gasteiger partial charge >= 0.3 is 0 Å². The topological polar surface area (TPSA) is 46.2 Å². The van der Waals surface area contributed by atoms with E-state index in [1.54, 1.807) is 31.2 Å². The second kappa shape index (κ2) is 6.41. The van der Waals surface area contributed by atoms with Crippen LogP contribution in [0, 0.1) is 0 Å². The van der Waals surface area contributed by atoms with Crippen molar-refractivity contribution < 1.29 is 8.42 Å². The molecule has 0 spiro atoms. The van der Waals surface area contributed by atoms with Crippen LogP contribution in [-0.2, 0) is 16.4 Å². The third-order valence-electron chi connectivity index (χ3n) is 2.98. The van der Waals surface area contributed by atoms with E-state index in [-0.39, 0.29) is 5.75 Å². The van der Waals surface area contributed by atoms with Crippen molar-refractivity contribution in [3.05, 3.63) is 58.6 Å². The quantitative estimate of drug-likeness (QED) is 0.887. The number of rotatable bonds is 5. The highest BCUT2D eigenvalue weighted by Gasteiger charge is 2.10. The molecular weight excluding hydrogens is 338 g/mol. The summed E-state index contributed by atoms with van der Waals surface area (Å²) in [6.07, 6.45) is 0. The molecule has 0 bridgehead atoms. The Labute approximate surface area is 128 Å². The van der Waals surface area contributed by atoms with Gasteiger partial charge in [-0.1, -0.05) is 35.0 Å². The second-order valence-electron chi connectivity index (χ2n) is 4.41. The number of anilines is 1. The van der Waals surface area contributed by atoms with E-state index in [1.165, 1.54) is 0 Å². The zero-order valence-corrected chi connectivity index (χ0v) is 13.5. The van der Waals surface area contributed by atoms with Crippen molar-refractivity contribution in [2.45, 2.75) is 18.4 Å². The Morgan fingerprint density at radius 2 is 1.80 bits per heavy atom. The Bertz CT molecular complexity index is 681. The van der Waals surface area contributed by atoms with E-state index >= 15 is 0 Å². The summed E-state index contributed by atoms with van der Waals surface area (Å²) >= 11 is 3.43. The molecule has 106 valence electrons. The van der Waals surface area contributed by atoms with E-state index in [1.807, 2.05) is 24.3 Å². The highest BCUT2D eigenvalue weighted by Crippen LogP contribution is 2.17. The van der Waals surface area contributed by atoms with Crippen molar-refractivity contribution in [1.82, 2.24) is 0 Å². The standard InChI is InChI=1S/C15H16BrNO2S/c1-2-20(18,19)15-8-6-14(7-9-15)17-11-12-4-3-5-13(16)10-12/h3-10,17H,2,11H2,1H3. The Morgan fingerprint density at radius 3 is 2.40 bits per heavy atom. The summed E-state index contributed by atoms with van der Waals surface area (Å²) in [7, 11) is -3.12. The largest absolute Gasteiger partial charge is 0.381 e. The first-order valence-electron chi connectivity index (χ1n) is 6.32. The minimum absolute atomic E-state index is 0.123. The van der Waals surface area contributed by atoms with Crippen LogP contribution < -0.4 is 5.32 Å². The summed E-state index contributed by atoms with van der Waals surface area (Å²) < 4.78 is 24.4. The smallest absolute Gasteiger partial charge is 0.178 e. The van der Waals surface area contributed by atoms with Crippen molar-refractivity contribution in [3.63, 3.8) is 0 Å². The highest BCUT2D eigenvalue weighted by atomic mass is 79.9. The average molecular weight is 354 g/mol. The lowest BCUT2D eigenvalue weighted by Gasteiger charge is -2.08. The molecule has 0 heterocycles. The zero-order chi connectivity index (χ0) is 14.6. The molecule has 0 unspecified atom stereocenters. The number of hydrogen-bond donors (Lipinski definition) is 1. The van der Waals surface area contributed by atoms with Crippen LogP contribution in [0.5, 0.6) is 0 Å². The summed E-state index contributed by atoms with van der Waals surface area (Å²) in [5, 5.41) is 3.27. The summed E-state index contributed by atoms with van der Waals surface area (Å²) in [6.45, 7) is 2.34. The summed E-state index contributed by atoms with van der Waals surface area (Å²) in [5.74, 6) is 0.123. The van der Waals surface area contributed by atoms with Crippen LogP contribution >= 0.6 is 15.9 Å². The minimum atomic E-state index is -3.12. The molecular formula is C15H16BrNO2S. The Balaban J connectivity index is 2.05. The molecule has 0 fully saturated rings. The van der Waals surface area contributed by atoms with E-state index in [0.717, 1.165) is 15.7 Å². The molecule has 5 heteroatoms. The fraction of sp³-hybridized carbons (Fsp3) is 0.200. The number of halogens is 1. The minimum Gasteiger partial charge on any atom is -0.381 e. The number of benzene rings is 2. The third-order valence-corrected chi connectivity index (χ3v) is 5.22. The van der Waals surface area contributed by atoms with Gasteiger partial charge in [-0.05, 0) is 42.0 Å². The van der Waals surface area contributed by atoms with Crippen LogP contribution in [-0.4, -0.2) is 14.2 Å². The van der Waals surface area contributed by atoms with Crippen LogP contribution in [0.3, 0.4) is 0 Å². The van der Waals surface area contributed by atoms with Crippen LogP contribution in [0.1, 0.15) is 12.5 Å². The molecule has 2 aromatic rings. The molecule has 0 amide bonds. The van der Waals surface area contributed by atoms with Crippen LogP contribution in [0.2, 0.25) is 0 Å². The first-order chi connectivity index (χ1) is 9.51. The molecule has 2 aromatic carbocycles. The van der Waals surface area contributed by atoms with E-state index < -0.39 is 9.84 Å². The van der Waals surface area contributed by atoms with Gasteiger partial charge in [-0.15, -0.1) is 0 Å². The van der Waals surface area contributed by atoms with Gasteiger partial charge in [-0.2, -0.15) is 0 Å². The molecule has 3 nitrogen and oxygen atoms in total. The normalized spacial score (nSPS) is 11.3. The van der Waals surface area contributed by atoms with Crippen molar-refractivity contribution >= 4 is 31.5 Å². The van der Waals surface area contributed by atoms with Gasteiger partial charge in [-0.25, -0.2) is 8.42 Å². The molecule has 0 aliphatic rings. The van der Waals surface area contributed by atoms with Gasteiger partial charge < -0.3 is 5.32 Å². The van der Waals surface area contributed by atoms with E-state index in [9.17, 15) is 8.42 Å². The Morgan fingerprint density at radius 1 is 1.10 bits per heavy atom. The van der Waals surface area contributed by atoms with Gasteiger partial charge in [-0.3, -0.25) is 0 Å². The number of sulfone groups is 1. The molecule has 0 saturated carbocycles. The van der Waals surface area contributed by atoms with Crippen molar-refractivity contribution in [2.24, 2.45) is 0 Å². The summed E-state index contributed by atoms with van der Waals surface area (Å²) in [4.78, 5) is 0.369. The van der Waals surface area contributed by atoms with Crippen molar-refractivity contribution in [3.8, 4) is 0 Å². The molecule has 0 aromatic heterocycles. The first-order valence-corrected chi connectivity index (χ1v) is 8.77. The lowest BCUT2D eigenvalue weighted by molar-refractivity contribution is 0.597. The molecule has 0 aliphatic carbocycles. The molecule has 0 aliphatic heterocycles. The van der Waals surface area contributed by atoms with Gasteiger partial charge in [0.15, 0.2) is 9.84 Å². The Hall–Kier alpha value is -1.33. The van der Waals surface area contributed by atoms with E-state index in [4.69, 9.17) is 0 Å². The molecule has 0 radical (unpaired) electrons. The lowest BCUT2D eigenvalue weighted by Crippen LogP contribution is -2.04. The maximum atomic E-state index is 11.7. The maximum Gasteiger partial charge on any atom is 0.178 e. The third kappa shape index (κ3) is 3.84. The zero-order valence-electron chi connectivity index (χ0n) is 11.1. The fourth-order valence-corrected chi connectivity index (χ4v) is 3.13. The van der Waals surface area contributed by atoms with E-state index in [0.29, 0.717) is 11.4 Å². The van der Waals surface area contributed by atoms with Gasteiger partial charge in [0.2, 0.25) is 0 Å². The fourth-order valence-electron chi connectivity index (χ4n) is 1.80. The van der Waals surface area contributed by atoms with Gasteiger partial charge in [0.05, 0.1) is 10.6 Å². The molecule has 0 saturated heterocycles. The highest BCUT2D eigenvalue weighted by molar-refractivity contribution is 9.10. The maximum absolute atomic E-state index is 11.7. The summed E-state index contributed by atoms with van der Waals surface area (Å²) in [6, 6.07) is 14.9. The molecule has 0 atom stereocenters. The number of hydrogen-bond acceptors (Lipinski definition) is 3. The SMILES string of the molecule is CCS(=O)(=O)c1ccc(NCc2cccc(Br)c2)cc1.